The van der Waals surface area contributed by atoms with Gasteiger partial charge >= 0.3 is 0 Å². The molecule has 1 heterocycles. The summed E-state index contributed by atoms with van der Waals surface area (Å²) in [7, 11) is 0. The summed E-state index contributed by atoms with van der Waals surface area (Å²) in [6.45, 7) is 5.34. The van der Waals surface area contributed by atoms with Crippen LogP contribution >= 0.6 is 0 Å². The van der Waals surface area contributed by atoms with Crippen molar-refractivity contribution in [2.45, 2.75) is 20.3 Å². The van der Waals surface area contributed by atoms with Gasteiger partial charge in [-0.3, -0.25) is 4.79 Å². The van der Waals surface area contributed by atoms with Gasteiger partial charge in [-0.2, -0.15) is 4.98 Å². The Hall–Kier alpha value is -2.37. The van der Waals surface area contributed by atoms with E-state index in [-0.39, 0.29) is 5.91 Å². The molecular weight excluding hydrogens is 256 g/mol. The zero-order valence-corrected chi connectivity index (χ0v) is 11.6. The molecule has 2 rings (SSSR count). The molecule has 6 heteroatoms. The number of amides is 1. The SMILES string of the molecule is CCNc1ccc(C(=O)NCCc2ncno2)cc1C. The number of aryl methyl sites for hydroxylation is 1. The number of hydrogen-bond acceptors (Lipinski definition) is 5. The molecule has 0 saturated carbocycles. The van der Waals surface area contributed by atoms with Gasteiger partial charge in [-0.15, -0.1) is 0 Å². The smallest absolute Gasteiger partial charge is 0.251 e. The minimum Gasteiger partial charge on any atom is -0.385 e. The number of aromatic nitrogens is 2. The monoisotopic (exact) mass is 274 g/mol. The molecule has 106 valence electrons. The molecule has 0 aliphatic rings. The Labute approximate surface area is 117 Å². The second-order valence-electron chi connectivity index (χ2n) is 4.40. The van der Waals surface area contributed by atoms with Crippen molar-refractivity contribution in [3.63, 3.8) is 0 Å². The lowest BCUT2D eigenvalue weighted by atomic mass is 10.1. The Morgan fingerprint density at radius 3 is 2.90 bits per heavy atom. The van der Waals surface area contributed by atoms with E-state index in [2.05, 4.69) is 20.8 Å². The lowest BCUT2D eigenvalue weighted by molar-refractivity contribution is 0.0953. The quantitative estimate of drug-likeness (QED) is 0.839. The van der Waals surface area contributed by atoms with Crippen LogP contribution in [-0.2, 0) is 6.42 Å². The van der Waals surface area contributed by atoms with Crippen LogP contribution in [0.25, 0.3) is 0 Å². The predicted octanol–water partition coefficient (Wildman–Crippen LogP) is 1.78. The van der Waals surface area contributed by atoms with Gasteiger partial charge in [0.1, 0.15) is 0 Å². The molecule has 0 atom stereocenters. The van der Waals surface area contributed by atoms with Crippen LogP contribution in [-0.4, -0.2) is 29.1 Å². The molecule has 6 nitrogen and oxygen atoms in total. The number of hydrogen-bond donors (Lipinski definition) is 2. The number of carbonyl (C=O) groups excluding carboxylic acids is 1. The zero-order valence-electron chi connectivity index (χ0n) is 11.6. The molecule has 1 aromatic heterocycles. The van der Waals surface area contributed by atoms with E-state index < -0.39 is 0 Å². The average Bonchev–Trinajstić information content (AvgIpc) is 2.94. The van der Waals surface area contributed by atoms with Crippen LogP contribution in [0.2, 0.25) is 0 Å². The van der Waals surface area contributed by atoms with Gasteiger partial charge in [0, 0.05) is 30.8 Å². The van der Waals surface area contributed by atoms with E-state index in [0.29, 0.717) is 24.4 Å². The molecule has 0 unspecified atom stereocenters. The van der Waals surface area contributed by atoms with Gasteiger partial charge in [0.05, 0.1) is 0 Å². The Bertz CT molecular complexity index is 567. The van der Waals surface area contributed by atoms with Gasteiger partial charge in [0.2, 0.25) is 5.89 Å². The molecule has 0 aliphatic carbocycles. The van der Waals surface area contributed by atoms with Gasteiger partial charge in [-0.25, -0.2) is 0 Å². The molecule has 0 spiro atoms. The van der Waals surface area contributed by atoms with Crippen molar-refractivity contribution in [1.29, 1.82) is 0 Å². The minimum absolute atomic E-state index is 0.101. The van der Waals surface area contributed by atoms with E-state index in [1.54, 1.807) is 0 Å². The summed E-state index contributed by atoms with van der Waals surface area (Å²) in [4.78, 5) is 15.9. The maximum Gasteiger partial charge on any atom is 0.251 e. The highest BCUT2D eigenvalue weighted by Crippen LogP contribution is 2.16. The van der Waals surface area contributed by atoms with Crippen molar-refractivity contribution in [2.75, 3.05) is 18.4 Å². The van der Waals surface area contributed by atoms with Crippen LogP contribution in [0.1, 0.15) is 28.7 Å². The molecular formula is C14H18N4O2. The first-order valence-electron chi connectivity index (χ1n) is 6.59. The fourth-order valence-electron chi connectivity index (χ4n) is 1.88. The van der Waals surface area contributed by atoms with Gasteiger partial charge in [0.15, 0.2) is 6.33 Å². The van der Waals surface area contributed by atoms with Crippen molar-refractivity contribution < 1.29 is 9.32 Å². The van der Waals surface area contributed by atoms with Crippen molar-refractivity contribution in [3.8, 4) is 0 Å². The van der Waals surface area contributed by atoms with Crippen molar-refractivity contribution in [3.05, 3.63) is 41.5 Å². The Morgan fingerprint density at radius 1 is 1.40 bits per heavy atom. The molecule has 0 saturated heterocycles. The number of nitrogens with one attached hydrogen (secondary N) is 2. The summed E-state index contributed by atoms with van der Waals surface area (Å²) in [5, 5.41) is 9.58. The van der Waals surface area contributed by atoms with Gasteiger partial charge in [0.25, 0.3) is 5.91 Å². The van der Waals surface area contributed by atoms with Crippen molar-refractivity contribution in [1.82, 2.24) is 15.5 Å². The highest BCUT2D eigenvalue weighted by Gasteiger charge is 2.08. The zero-order chi connectivity index (χ0) is 14.4. The maximum absolute atomic E-state index is 12.0. The largest absolute Gasteiger partial charge is 0.385 e. The molecule has 2 aromatic rings. The molecule has 0 bridgehead atoms. The Morgan fingerprint density at radius 2 is 2.25 bits per heavy atom. The second kappa shape index (κ2) is 6.70. The number of anilines is 1. The van der Waals surface area contributed by atoms with Crippen LogP contribution < -0.4 is 10.6 Å². The van der Waals surface area contributed by atoms with E-state index in [4.69, 9.17) is 4.52 Å². The third kappa shape index (κ3) is 3.57. The van der Waals surface area contributed by atoms with E-state index in [1.807, 2.05) is 32.0 Å². The Kier molecular flexibility index (Phi) is 4.70. The summed E-state index contributed by atoms with van der Waals surface area (Å²) >= 11 is 0. The Balaban J connectivity index is 1.90. The molecule has 0 aliphatic heterocycles. The van der Waals surface area contributed by atoms with Crippen LogP contribution in [0.15, 0.2) is 29.0 Å². The average molecular weight is 274 g/mol. The minimum atomic E-state index is -0.101. The standard InChI is InChI=1S/C14H18N4O2/c1-3-15-12-5-4-11(8-10(12)2)14(19)16-7-6-13-17-9-18-20-13/h4-5,8-9,15H,3,6-7H2,1-2H3,(H,16,19). The second-order valence-corrected chi connectivity index (χ2v) is 4.40. The predicted molar refractivity (Wildman–Crippen MR) is 75.7 cm³/mol. The fraction of sp³-hybridized carbons (Fsp3) is 0.357. The summed E-state index contributed by atoms with van der Waals surface area (Å²) in [6.07, 6.45) is 1.88. The van der Waals surface area contributed by atoms with Crippen molar-refractivity contribution >= 4 is 11.6 Å². The van der Waals surface area contributed by atoms with Gasteiger partial charge < -0.3 is 15.2 Å². The molecule has 1 aromatic carbocycles. The normalized spacial score (nSPS) is 10.3. The number of nitrogens with zero attached hydrogens (tertiary/aromatic N) is 2. The highest BCUT2D eigenvalue weighted by atomic mass is 16.5. The maximum atomic E-state index is 12.0. The first-order valence-corrected chi connectivity index (χ1v) is 6.59. The van der Waals surface area contributed by atoms with Crippen LogP contribution in [0.5, 0.6) is 0 Å². The van der Waals surface area contributed by atoms with E-state index in [1.165, 1.54) is 6.33 Å². The first-order chi connectivity index (χ1) is 9.70. The number of rotatable bonds is 6. The lowest BCUT2D eigenvalue weighted by Crippen LogP contribution is -2.25. The number of carbonyl (C=O) groups is 1. The third-order valence-electron chi connectivity index (χ3n) is 2.89. The van der Waals surface area contributed by atoms with Crippen molar-refractivity contribution in [2.24, 2.45) is 0 Å². The molecule has 0 radical (unpaired) electrons. The van der Waals surface area contributed by atoms with E-state index in [0.717, 1.165) is 17.8 Å². The molecule has 1 amide bonds. The topological polar surface area (TPSA) is 80.0 Å². The van der Waals surface area contributed by atoms with E-state index >= 15 is 0 Å². The van der Waals surface area contributed by atoms with E-state index in [9.17, 15) is 4.79 Å². The number of benzene rings is 1. The molecule has 2 N–H and O–H groups in total. The fourth-order valence-corrected chi connectivity index (χ4v) is 1.88. The molecule has 0 fully saturated rings. The lowest BCUT2D eigenvalue weighted by Gasteiger charge is -2.09. The summed E-state index contributed by atoms with van der Waals surface area (Å²) in [6, 6.07) is 5.61. The van der Waals surface area contributed by atoms with Crippen LogP contribution in [0.4, 0.5) is 5.69 Å². The summed E-state index contributed by atoms with van der Waals surface area (Å²) < 4.78 is 4.86. The van der Waals surface area contributed by atoms with Crippen LogP contribution in [0, 0.1) is 6.92 Å². The summed E-state index contributed by atoms with van der Waals surface area (Å²) in [5.41, 5.74) is 2.75. The molecule has 20 heavy (non-hydrogen) atoms. The van der Waals surface area contributed by atoms with Gasteiger partial charge in [-0.1, -0.05) is 5.16 Å². The first kappa shape index (κ1) is 14.0. The van der Waals surface area contributed by atoms with Crippen LogP contribution in [0.3, 0.4) is 0 Å². The highest BCUT2D eigenvalue weighted by molar-refractivity contribution is 5.94. The summed E-state index contributed by atoms with van der Waals surface area (Å²) in [5.74, 6) is 0.416. The van der Waals surface area contributed by atoms with Gasteiger partial charge in [-0.05, 0) is 37.6 Å². The third-order valence-corrected chi connectivity index (χ3v) is 2.89.